The zero-order valence-corrected chi connectivity index (χ0v) is 13.0. The normalized spacial score (nSPS) is 18.0. The smallest absolute Gasteiger partial charge is 0.243 e. The molecule has 2 rings (SSSR count). The van der Waals surface area contributed by atoms with Crippen LogP contribution in [-0.2, 0) is 10.0 Å². The lowest BCUT2D eigenvalue weighted by atomic mass is 10.2. The summed E-state index contributed by atoms with van der Waals surface area (Å²) in [6, 6.07) is 3.59. The van der Waals surface area contributed by atoms with E-state index in [0.29, 0.717) is 6.54 Å². The molecule has 1 atom stereocenters. The number of hydrogen-bond donors (Lipinski definition) is 2. The van der Waals surface area contributed by atoms with E-state index in [1.165, 1.54) is 25.0 Å². The Morgan fingerprint density at radius 1 is 1.38 bits per heavy atom. The van der Waals surface area contributed by atoms with E-state index in [9.17, 15) is 12.8 Å². The minimum absolute atomic E-state index is 0.176. The Bertz CT molecular complexity index is 586. The molecular formula is C14H22FN3O2S. The Balaban J connectivity index is 1.94. The largest absolute Gasteiger partial charge is 0.399 e. The molecule has 7 heteroatoms. The minimum Gasteiger partial charge on any atom is -0.399 e. The van der Waals surface area contributed by atoms with Crippen LogP contribution in [-0.4, -0.2) is 39.5 Å². The van der Waals surface area contributed by atoms with Gasteiger partial charge in [-0.3, -0.25) is 0 Å². The molecule has 118 valence electrons. The van der Waals surface area contributed by atoms with E-state index >= 15 is 0 Å². The van der Waals surface area contributed by atoms with Crippen LogP contribution >= 0.6 is 0 Å². The highest BCUT2D eigenvalue weighted by Gasteiger charge is 2.21. The van der Waals surface area contributed by atoms with Gasteiger partial charge in [0, 0.05) is 18.8 Å². The van der Waals surface area contributed by atoms with Crippen molar-refractivity contribution in [1.82, 2.24) is 9.62 Å². The molecule has 0 amide bonds. The van der Waals surface area contributed by atoms with E-state index in [1.807, 2.05) is 6.92 Å². The predicted molar refractivity (Wildman–Crippen MR) is 80.8 cm³/mol. The number of nitrogens with one attached hydrogen (secondary N) is 1. The summed E-state index contributed by atoms with van der Waals surface area (Å²) < 4.78 is 40.4. The first-order chi connectivity index (χ1) is 9.88. The molecule has 21 heavy (non-hydrogen) atoms. The van der Waals surface area contributed by atoms with E-state index < -0.39 is 15.8 Å². The van der Waals surface area contributed by atoms with Crippen LogP contribution < -0.4 is 10.5 Å². The van der Waals surface area contributed by atoms with E-state index in [1.54, 1.807) is 0 Å². The Hall–Kier alpha value is -1.18. The maximum absolute atomic E-state index is 13.7. The average Bonchev–Trinajstić information content (AvgIpc) is 2.89. The van der Waals surface area contributed by atoms with Crippen molar-refractivity contribution in [3.8, 4) is 0 Å². The number of sulfonamides is 1. The fourth-order valence-electron chi connectivity index (χ4n) is 2.54. The van der Waals surface area contributed by atoms with Crippen LogP contribution in [0.1, 0.15) is 19.8 Å². The Morgan fingerprint density at radius 3 is 2.67 bits per heavy atom. The monoisotopic (exact) mass is 315 g/mol. The Kier molecular flexibility index (Phi) is 5.18. The van der Waals surface area contributed by atoms with Gasteiger partial charge in [-0.2, -0.15) is 0 Å². The van der Waals surface area contributed by atoms with Gasteiger partial charge in [0.05, 0.1) is 0 Å². The van der Waals surface area contributed by atoms with Gasteiger partial charge in [-0.25, -0.2) is 17.5 Å². The number of anilines is 1. The fraction of sp³-hybridized carbons (Fsp3) is 0.571. The topological polar surface area (TPSA) is 75.4 Å². The van der Waals surface area contributed by atoms with Crippen LogP contribution in [0.4, 0.5) is 10.1 Å². The van der Waals surface area contributed by atoms with Crippen LogP contribution in [0.25, 0.3) is 0 Å². The molecule has 1 aromatic rings. The third kappa shape index (κ3) is 4.39. The van der Waals surface area contributed by atoms with Crippen LogP contribution in [0.2, 0.25) is 0 Å². The molecule has 3 N–H and O–H groups in total. The summed E-state index contributed by atoms with van der Waals surface area (Å²) in [5.74, 6) is -0.649. The summed E-state index contributed by atoms with van der Waals surface area (Å²) >= 11 is 0. The van der Waals surface area contributed by atoms with Crippen LogP contribution in [0.3, 0.4) is 0 Å². The molecule has 1 aromatic carbocycles. The predicted octanol–water partition coefficient (Wildman–Crippen LogP) is 1.42. The van der Waals surface area contributed by atoms with Crippen molar-refractivity contribution in [2.24, 2.45) is 5.92 Å². The maximum Gasteiger partial charge on any atom is 0.243 e. The van der Waals surface area contributed by atoms with E-state index in [0.717, 1.165) is 25.7 Å². The summed E-state index contributed by atoms with van der Waals surface area (Å²) in [7, 11) is -3.84. The maximum atomic E-state index is 13.7. The number of nitrogens with zero attached hydrogens (tertiary/aromatic N) is 1. The number of nitrogens with two attached hydrogens (primary N) is 1. The molecule has 1 heterocycles. The number of benzene rings is 1. The summed E-state index contributed by atoms with van der Waals surface area (Å²) in [5.41, 5.74) is 5.63. The highest BCUT2D eigenvalue weighted by Crippen LogP contribution is 2.17. The highest BCUT2D eigenvalue weighted by atomic mass is 32.2. The number of halogens is 1. The van der Waals surface area contributed by atoms with Crippen LogP contribution in [0.5, 0.6) is 0 Å². The van der Waals surface area contributed by atoms with Gasteiger partial charge in [0.25, 0.3) is 0 Å². The van der Waals surface area contributed by atoms with Gasteiger partial charge in [0.1, 0.15) is 10.7 Å². The van der Waals surface area contributed by atoms with Crippen molar-refractivity contribution in [2.75, 3.05) is 31.9 Å². The average molecular weight is 315 g/mol. The lowest BCUT2D eigenvalue weighted by molar-refractivity contribution is 0.288. The Labute approximate surface area is 125 Å². The van der Waals surface area contributed by atoms with Crippen molar-refractivity contribution >= 4 is 15.7 Å². The molecule has 5 nitrogen and oxygen atoms in total. The summed E-state index contributed by atoms with van der Waals surface area (Å²) in [4.78, 5) is 1.97. The molecule has 1 aliphatic heterocycles. The molecule has 0 aliphatic carbocycles. The van der Waals surface area contributed by atoms with Gasteiger partial charge in [-0.15, -0.1) is 0 Å². The van der Waals surface area contributed by atoms with Crippen molar-refractivity contribution in [3.63, 3.8) is 0 Å². The number of hydrogen-bond acceptors (Lipinski definition) is 4. The van der Waals surface area contributed by atoms with Gasteiger partial charge >= 0.3 is 0 Å². The number of rotatable bonds is 6. The molecular weight excluding hydrogens is 293 g/mol. The first kappa shape index (κ1) is 16.2. The first-order valence-electron chi connectivity index (χ1n) is 7.15. The quantitative estimate of drug-likeness (QED) is 0.779. The molecule has 1 aliphatic rings. The van der Waals surface area contributed by atoms with Gasteiger partial charge in [0.2, 0.25) is 10.0 Å². The standard InChI is InChI=1S/C14H22FN3O2S/c1-11(10-18-6-2-3-7-18)9-17-21(19,20)14-5-4-12(16)8-13(14)15/h4-5,8,11,17H,2-3,6-7,9-10,16H2,1H3. The van der Waals surface area contributed by atoms with Gasteiger partial charge in [-0.05, 0) is 50.0 Å². The first-order valence-corrected chi connectivity index (χ1v) is 8.64. The zero-order valence-electron chi connectivity index (χ0n) is 12.2. The molecule has 0 radical (unpaired) electrons. The third-order valence-corrected chi connectivity index (χ3v) is 5.09. The van der Waals surface area contributed by atoms with Crippen molar-refractivity contribution in [2.45, 2.75) is 24.7 Å². The summed E-state index contributed by atoms with van der Waals surface area (Å²) in [6.45, 7) is 5.28. The second kappa shape index (κ2) is 6.72. The van der Waals surface area contributed by atoms with Crippen molar-refractivity contribution in [3.05, 3.63) is 24.0 Å². The summed E-state index contributed by atoms with van der Waals surface area (Å²) in [6.07, 6.45) is 2.41. The second-order valence-corrected chi connectivity index (χ2v) is 7.39. The molecule has 0 aromatic heterocycles. The highest BCUT2D eigenvalue weighted by molar-refractivity contribution is 7.89. The van der Waals surface area contributed by atoms with E-state index in [-0.39, 0.29) is 16.5 Å². The van der Waals surface area contributed by atoms with Crippen molar-refractivity contribution < 1.29 is 12.8 Å². The second-order valence-electron chi connectivity index (χ2n) is 5.65. The number of nitrogen functional groups attached to an aromatic ring is 1. The van der Waals surface area contributed by atoms with Gasteiger partial charge in [-0.1, -0.05) is 6.92 Å². The van der Waals surface area contributed by atoms with Gasteiger partial charge in [0.15, 0.2) is 0 Å². The lowest BCUT2D eigenvalue weighted by Gasteiger charge is -2.20. The zero-order chi connectivity index (χ0) is 15.5. The third-order valence-electron chi connectivity index (χ3n) is 3.64. The molecule has 0 saturated carbocycles. The minimum atomic E-state index is -3.84. The molecule has 1 unspecified atom stereocenters. The van der Waals surface area contributed by atoms with Gasteiger partial charge < -0.3 is 10.6 Å². The van der Waals surface area contributed by atoms with Crippen LogP contribution in [0.15, 0.2) is 23.1 Å². The molecule has 1 saturated heterocycles. The lowest BCUT2D eigenvalue weighted by Crippen LogP contribution is -2.34. The van der Waals surface area contributed by atoms with E-state index in [4.69, 9.17) is 5.73 Å². The fourth-order valence-corrected chi connectivity index (χ4v) is 3.76. The number of likely N-dealkylation sites (tertiary alicyclic amines) is 1. The van der Waals surface area contributed by atoms with Crippen LogP contribution in [0, 0.1) is 11.7 Å². The molecule has 1 fully saturated rings. The van der Waals surface area contributed by atoms with E-state index in [2.05, 4.69) is 9.62 Å². The molecule has 0 bridgehead atoms. The molecule has 0 spiro atoms. The SMILES string of the molecule is CC(CNS(=O)(=O)c1ccc(N)cc1F)CN1CCCC1. The Morgan fingerprint density at radius 2 is 2.05 bits per heavy atom. The van der Waals surface area contributed by atoms with Crippen molar-refractivity contribution in [1.29, 1.82) is 0 Å². The summed E-state index contributed by atoms with van der Waals surface area (Å²) in [5, 5.41) is 0.